The molecule has 0 amide bonds. The number of hydrogen-bond acceptors (Lipinski definition) is 3. The van der Waals surface area contributed by atoms with Gasteiger partial charge in [0.05, 0.1) is 16.4 Å². The molecule has 2 heterocycles. The second kappa shape index (κ2) is 6.25. The van der Waals surface area contributed by atoms with E-state index >= 15 is 0 Å². The van der Waals surface area contributed by atoms with Crippen LogP contribution in [-0.2, 0) is 24.2 Å². The van der Waals surface area contributed by atoms with Gasteiger partial charge >= 0.3 is 0 Å². The Morgan fingerprint density at radius 1 is 1.37 bits per heavy atom. The second-order valence-corrected chi connectivity index (χ2v) is 5.78. The van der Waals surface area contributed by atoms with E-state index in [1.165, 1.54) is 0 Å². The monoisotopic (exact) mass is 285 g/mol. The molecule has 0 saturated carbocycles. The summed E-state index contributed by atoms with van der Waals surface area (Å²) in [6, 6.07) is 0. The summed E-state index contributed by atoms with van der Waals surface area (Å²) < 4.78 is 7.43. The summed E-state index contributed by atoms with van der Waals surface area (Å²) in [5.74, 6) is 0. The highest BCUT2D eigenvalue weighted by atomic mass is 35.5. The fourth-order valence-corrected chi connectivity index (χ4v) is 2.82. The fourth-order valence-electron chi connectivity index (χ4n) is 2.48. The molecule has 0 atom stereocenters. The number of hydrogen-bond donors (Lipinski definition) is 1. The predicted molar refractivity (Wildman–Crippen MR) is 77.6 cm³/mol. The normalized spacial score (nSPS) is 18.7. The summed E-state index contributed by atoms with van der Waals surface area (Å²) in [6.07, 6.45) is 2.97. The first-order chi connectivity index (χ1) is 9.09. The number of nitrogens with zero attached hydrogens (tertiary/aromatic N) is 2. The van der Waals surface area contributed by atoms with Gasteiger partial charge in [-0.1, -0.05) is 18.5 Å². The van der Waals surface area contributed by atoms with E-state index in [0.29, 0.717) is 0 Å². The van der Waals surface area contributed by atoms with Gasteiger partial charge in [0.25, 0.3) is 0 Å². The Morgan fingerprint density at radius 3 is 2.63 bits per heavy atom. The van der Waals surface area contributed by atoms with E-state index < -0.39 is 0 Å². The lowest BCUT2D eigenvalue weighted by Gasteiger charge is -2.34. The van der Waals surface area contributed by atoms with Crippen molar-refractivity contribution in [2.24, 2.45) is 0 Å². The number of halogens is 1. The van der Waals surface area contributed by atoms with Crippen molar-refractivity contribution < 1.29 is 4.74 Å². The first-order valence-electron chi connectivity index (χ1n) is 7.16. The van der Waals surface area contributed by atoms with Crippen molar-refractivity contribution in [3.63, 3.8) is 0 Å². The number of rotatable bonds is 5. The van der Waals surface area contributed by atoms with Gasteiger partial charge in [-0.3, -0.25) is 4.68 Å². The lowest BCUT2D eigenvalue weighted by molar-refractivity contribution is 0.0443. The number of ether oxygens (including phenoxy) is 1. The van der Waals surface area contributed by atoms with Crippen LogP contribution < -0.4 is 5.32 Å². The van der Waals surface area contributed by atoms with Gasteiger partial charge in [-0.25, -0.2) is 0 Å². The molecule has 1 N–H and O–H groups in total. The van der Waals surface area contributed by atoms with Gasteiger partial charge in [0.15, 0.2) is 0 Å². The molecule has 0 aromatic carbocycles. The molecule has 1 aliphatic rings. The van der Waals surface area contributed by atoms with Crippen LogP contribution in [0.25, 0.3) is 0 Å². The lowest BCUT2D eigenvalue weighted by Crippen LogP contribution is -2.46. The topological polar surface area (TPSA) is 39.1 Å². The summed E-state index contributed by atoms with van der Waals surface area (Å²) in [5, 5.41) is 9.02. The zero-order valence-electron chi connectivity index (χ0n) is 12.1. The Bertz CT molecular complexity index is 425. The molecular formula is C14H24ClN3O. The minimum Gasteiger partial charge on any atom is -0.381 e. The summed E-state index contributed by atoms with van der Waals surface area (Å²) in [5.41, 5.74) is 2.25. The number of aryl methyl sites for hydroxylation is 2. The molecule has 4 nitrogen and oxygen atoms in total. The van der Waals surface area contributed by atoms with Crippen LogP contribution in [-0.4, -0.2) is 28.5 Å². The maximum absolute atomic E-state index is 6.42. The third kappa shape index (κ3) is 3.30. The van der Waals surface area contributed by atoms with Gasteiger partial charge in [-0.2, -0.15) is 5.10 Å². The average molecular weight is 286 g/mol. The van der Waals surface area contributed by atoms with Gasteiger partial charge in [0.2, 0.25) is 0 Å². The quantitative estimate of drug-likeness (QED) is 0.904. The Hall–Kier alpha value is -0.580. The minimum absolute atomic E-state index is 0.150. The van der Waals surface area contributed by atoms with E-state index in [0.717, 1.165) is 62.0 Å². The van der Waals surface area contributed by atoms with Crippen molar-refractivity contribution in [1.29, 1.82) is 0 Å². The summed E-state index contributed by atoms with van der Waals surface area (Å²) in [6.45, 7) is 9.76. The molecular weight excluding hydrogens is 262 g/mol. The first kappa shape index (κ1) is 14.8. The lowest BCUT2D eigenvalue weighted by atomic mass is 9.92. The van der Waals surface area contributed by atoms with Crippen LogP contribution in [0.15, 0.2) is 0 Å². The highest BCUT2D eigenvalue weighted by Gasteiger charge is 2.27. The van der Waals surface area contributed by atoms with Gasteiger partial charge in [0.1, 0.15) is 0 Å². The fraction of sp³-hybridized carbons (Fsp3) is 0.786. The van der Waals surface area contributed by atoms with E-state index in [2.05, 4.69) is 31.2 Å². The highest BCUT2D eigenvalue weighted by Crippen LogP contribution is 2.24. The zero-order chi connectivity index (χ0) is 13.9. The molecule has 0 aliphatic carbocycles. The summed E-state index contributed by atoms with van der Waals surface area (Å²) in [4.78, 5) is 0. The van der Waals surface area contributed by atoms with Crippen molar-refractivity contribution in [3.05, 3.63) is 16.4 Å². The van der Waals surface area contributed by atoms with Crippen LogP contribution in [0, 0.1) is 0 Å². The molecule has 1 aromatic heterocycles. The molecule has 0 bridgehead atoms. The van der Waals surface area contributed by atoms with Crippen LogP contribution in [0.5, 0.6) is 0 Å². The summed E-state index contributed by atoms with van der Waals surface area (Å²) >= 11 is 6.42. The molecule has 1 saturated heterocycles. The number of aromatic nitrogens is 2. The van der Waals surface area contributed by atoms with Gasteiger partial charge in [-0.15, -0.1) is 0 Å². The Labute approximate surface area is 120 Å². The molecule has 108 valence electrons. The van der Waals surface area contributed by atoms with Crippen molar-refractivity contribution in [1.82, 2.24) is 15.1 Å². The van der Waals surface area contributed by atoms with Gasteiger partial charge < -0.3 is 10.1 Å². The zero-order valence-corrected chi connectivity index (χ0v) is 12.9. The molecule has 1 fully saturated rings. The van der Waals surface area contributed by atoms with Crippen molar-refractivity contribution in [3.8, 4) is 0 Å². The average Bonchev–Trinajstić information content (AvgIpc) is 2.73. The standard InChI is InChI=1S/C14H24ClN3O/c1-4-11-13(15)12(18(5-2)17-11)10-16-14(3)6-8-19-9-7-14/h16H,4-10H2,1-3H3. The van der Waals surface area contributed by atoms with Crippen LogP contribution >= 0.6 is 11.6 Å². The third-order valence-corrected chi connectivity index (χ3v) is 4.41. The van der Waals surface area contributed by atoms with Crippen LogP contribution in [0.2, 0.25) is 5.02 Å². The van der Waals surface area contributed by atoms with E-state index in [4.69, 9.17) is 16.3 Å². The minimum atomic E-state index is 0.150. The first-order valence-corrected chi connectivity index (χ1v) is 7.54. The maximum atomic E-state index is 6.42. The number of nitrogens with one attached hydrogen (secondary N) is 1. The Balaban J connectivity index is 2.08. The van der Waals surface area contributed by atoms with Crippen LogP contribution in [0.3, 0.4) is 0 Å². The molecule has 19 heavy (non-hydrogen) atoms. The molecule has 5 heteroatoms. The second-order valence-electron chi connectivity index (χ2n) is 5.40. The van der Waals surface area contributed by atoms with Crippen molar-refractivity contribution in [2.45, 2.75) is 58.7 Å². The maximum Gasteiger partial charge on any atom is 0.0863 e. The van der Waals surface area contributed by atoms with Gasteiger partial charge in [0, 0.05) is 31.8 Å². The molecule has 0 unspecified atom stereocenters. The SMILES string of the molecule is CCc1nn(CC)c(CNC2(C)CCOCC2)c1Cl. The van der Waals surface area contributed by atoms with E-state index in [1.807, 2.05) is 4.68 Å². The molecule has 0 spiro atoms. The van der Waals surface area contributed by atoms with Gasteiger partial charge in [-0.05, 0) is 33.1 Å². The van der Waals surface area contributed by atoms with E-state index in [1.54, 1.807) is 0 Å². The molecule has 1 aliphatic heterocycles. The van der Waals surface area contributed by atoms with E-state index in [9.17, 15) is 0 Å². The Morgan fingerprint density at radius 2 is 2.05 bits per heavy atom. The largest absolute Gasteiger partial charge is 0.381 e. The Kier molecular flexibility index (Phi) is 4.87. The predicted octanol–water partition coefficient (Wildman–Crippen LogP) is 2.78. The molecule has 0 radical (unpaired) electrons. The third-order valence-electron chi connectivity index (χ3n) is 3.97. The van der Waals surface area contributed by atoms with E-state index in [-0.39, 0.29) is 5.54 Å². The van der Waals surface area contributed by atoms with Crippen molar-refractivity contribution in [2.75, 3.05) is 13.2 Å². The van der Waals surface area contributed by atoms with Crippen molar-refractivity contribution >= 4 is 11.6 Å². The highest BCUT2D eigenvalue weighted by molar-refractivity contribution is 6.31. The molecule has 2 rings (SSSR count). The molecule has 1 aromatic rings. The van der Waals surface area contributed by atoms with Crippen LogP contribution in [0.4, 0.5) is 0 Å². The smallest absolute Gasteiger partial charge is 0.0863 e. The summed E-state index contributed by atoms with van der Waals surface area (Å²) in [7, 11) is 0. The van der Waals surface area contributed by atoms with Crippen LogP contribution in [0.1, 0.15) is 45.0 Å².